The zero-order valence-electron chi connectivity index (χ0n) is 14.8. The minimum Gasteiger partial charge on any atom is -0.360 e. The van der Waals surface area contributed by atoms with Gasteiger partial charge >= 0.3 is 0 Å². The van der Waals surface area contributed by atoms with Crippen molar-refractivity contribution in [3.8, 4) is 0 Å². The number of hydrogen-bond acceptors (Lipinski definition) is 2. The standard InChI is InChI=1S/C21H21FN2O2/c1-3-6-19(14-9-11-15(22)12-10-14)24(2)21(26)20(25)17-13-23-18-8-5-4-7-16(17)18/h4-5,7-13,19,23H,3,6H2,1-2H3. The van der Waals surface area contributed by atoms with E-state index in [-0.39, 0.29) is 11.9 Å². The van der Waals surface area contributed by atoms with E-state index in [0.717, 1.165) is 22.9 Å². The predicted octanol–water partition coefficient (Wildman–Crippen LogP) is 4.49. The molecule has 1 unspecified atom stereocenters. The second kappa shape index (κ2) is 7.52. The number of Topliss-reactive ketones (excluding diaryl/α,β-unsaturated/α-hetero) is 1. The number of benzene rings is 2. The zero-order valence-corrected chi connectivity index (χ0v) is 14.8. The van der Waals surface area contributed by atoms with Crippen LogP contribution in [0.1, 0.15) is 41.7 Å². The van der Waals surface area contributed by atoms with E-state index in [9.17, 15) is 14.0 Å². The van der Waals surface area contributed by atoms with Crippen LogP contribution in [0.2, 0.25) is 0 Å². The van der Waals surface area contributed by atoms with E-state index in [0.29, 0.717) is 12.0 Å². The monoisotopic (exact) mass is 352 g/mol. The van der Waals surface area contributed by atoms with Gasteiger partial charge in [-0.2, -0.15) is 0 Å². The first kappa shape index (κ1) is 17.9. The van der Waals surface area contributed by atoms with Gasteiger partial charge in [-0.15, -0.1) is 0 Å². The smallest absolute Gasteiger partial charge is 0.295 e. The number of halogens is 1. The van der Waals surface area contributed by atoms with Crippen LogP contribution in [-0.4, -0.2) is 28.6 Å². The SMILES string of the molecule is CCCC(c1ccc(F)cc1)N(C)C(=O)C(=O)c1c[nH]c2ccccc12. The van der Waals surface area contributed by atoms with Crippen molar-refractivity contribution in [1.82, 2.24) is 9.88 Å². The molecule has 1 amide bonds. The molecule has 0 fully saturated rings. The minimum absolute atomic E-state index is 0.276. The number of nitrogens with one attached hydrogen (secondary N) is 1. The van der Waals surface area contributed by atoms with Crippen LogP contribution in [0.3, 0.4) is 0 Å². The van der Waals surface area contributed by atoms with Gasteiger partial charge in [0.1, 0.15) is 5.82 Å². The Bertz CT molecular complexity index is 931. The Morgan fingerprint density at radius 3 is 2.50 bits per heavy atom. The quantitative estimate of drug-likeness (QED) is 0.525. The molecule has 0 saturated heterocycles. The molecule has 1 atom stereocenters. The third-order valence-corrected chi connectivity index (χ3v) is 4.63. The molecule has 0 radical (unpaired) electrons. The first-order chi connectivity index (χ1) is 12.5. The van der Waals surface area contributed by atoms with E-state index in [1.165, 1.54) is 17.0 Å². The molecular weight excluding hydrogens is 331 g/mol. The van der Waals surface area contributed by atoms with Crippen LogP contribution in [0.5, 0.6) is 0 Å². The van der Waals surface area contributed by atoms with Crippen molar-refractivity contribution in [1.29, 1.82) is 0 Å². The number of para-hydroxylation sites is 1. The lowest BCUT2D eigenvalue weighted by Crippen LogP contribution is -2.36. The highest BCUT2D eigenvalue weighted by Crippen LogP contribution is 2.26. The molecule has 0 aliphatic rings. The molecule has 0 aliphatic carbocycles. The Morgan fingerprint density at radius 2 is 1.81 bits per heavy atom. The number of aromatic nitrogens is 1. The highest BCUT2D eigenvalue weighted by Gasteiger charge is 2.28. The van der Waals surface area contributed by atoms with Crippen molar-refractivity contribution in [3.05, 3.63) is 71.7 Å². The number of carbonyl (C=O) groups excluding carboxylic acids is 2. The normalized spacial score (nSPS) is 12.1. The molecule has 2 aromatic carbocycles. The number of H-pyrrole nitrogens is 1. The van der Waals surface area contributed by atoms with Crippen molar-refractivity contribution in [3.63, 3.8) is 0 Å². The number of rotatable bonds is 6. The van der Waals surface area contributed by atoms with Gasteiger partial charge in [-0.1, -0.05) is 43.7 Å². The van der Waals surface area contributed by atoms with Gasteiger partial charge in [-0.3, -0.25) is 9.59 Å². The molecular formula is C21H21FN2O2. The Labute approximate surface area is 151 Å². The number of hydrogen-bond donors (Lipinski definition) is 1. The van der Waals surface area contributed by atoms with E-state index >= 15 is 0 Å². The molecule has 3 aromatic rings. The first-order valence-electron chi connectivity index (χ1n) is 8.66. The molecule has 3 rings (SSSR count). The lowest BCUT2D eigenvalue weighted by Gasteiger charge is -2.28. The summed E-state index contributed by atoms with van der Waals surface area (Å²) in [5.41, 5.74) is 2.00. The highest BCUT2D eigenvalue weighted by molar-refractivity contribution is 6.44. The van der Waals surface area contributed by atoms with E-state index in [4.69, 9.17) is 0 Å². The van der Waals surface area contributed by atoms with Gasteiger partial charge in [0.25, 0.3) is 11.7 Å². The van der Waals surface area contributed by atoms with Crippen LogP contribution in [0.25, 0.3) is 10.9 Å². The Balaban J connectivity index is 1.88. The van der Waals surface area contributed by atoms with E-state index < -0.39 is 11.7 Å². The van der Waals surface area contributed by atoms with E-state index in [1.807, 2.05) is 31.2 Å². The molecule has 0 spiro atoms. The number of carbonyl (C=O) groups is 2. The minimum atomic E-state index is -0.572. The summed E-state index contributed by atoms with van der Waals surface area (Å²) in [7, 11) is 1.62. The van der Waals surface area contributed by atoms with Crippen molar-refractivity contribution in [2.45, 2.75) is 25.8 Å². The number of amides is 1. The fourth-order valence-corrected chi connectivity index (χ4v) is 3.22. The maximum Gasteiger partial charge on any atom is 0.295 e. The Morgan fingerprint density at radius 1 is 1.12 bits per heavy atom. The van der Waals surface area contributed by atoms with Gasteiger partial charge in [0.15, 0.2) is 0 Å². The summed E-state index contributed by atoms with van der Waals surface area (Å²) < 4.78 is 13.2. The van der Waals surface area contributed by atoms with Crippen LogP contribution in [0.4, 0.5) is 4.39 Å². The van der Waals surface area contributed by atoms with Crippen LogP contribution in [-0.2, 0) is 4.79 Å². The summed E-state index contributed by atoms with van der Waals surface area (Å²) in [4.78, 5) is 30.1. The molecule has 4 nitrogen and oxygen atoms in total. The van der Waals surface area contributed by atoms with Gasteiger partial charge in [0.2, 0.25) is 0 Å². The van der Waals surface area contributed by atoms with Crippen molar-refractivity contribution in [2.75, 3.05) is 7.05 Å². The Hall–Kier alpha value is -2.95. The average molecular weight is 352 g/mol. The van der Waals surface area contributed by atoms with Gasteiger partial charge in [0, 0.05) is 24.1 Å². The lowest BCUT2D eigenvalue weighted by molar-refractivity contribution is -0.127. The zero-order chi connectivity index (χ0) is 18.7. The van der Waals surface area contributed by atoms with Gasteiger partial charge in [-0.25, -0.2) is 4.39 Å². The first-order valence-corrected chi connectivity index (χ1v) is 8.66. The highest BCUT2D eigenvalue weighted by atomic mass is 19.1. The molecule has 0 aliphatic heterocycles. The number of nitrogens with zero attached hydrogens (tertiary/aromatic N) is 1. The van der Waals surface area contributed by atoms with Crippen LogP contribution in [0.15, 0.2) is 54.7 Å². The molecule has 1 N–H and O–H groups in total. The summed E-state index contributed by atoms with van der Waals surface area (Å²) >= 11 is 0. The van der Waals surface area contributed by atoms with E-state index in [1.54, 1.807) is 25.4 Å². The lowest BCUT2D eigenvalue weighted by atomic mass is 9.99. The fourth-order valence-electron chi connectivity index (χ4n) is 3.22. The van der Waals surface area contributed by atoms with Crippen LogP contribution < -0.4 is 0 Å². The second-order valence-corrected chi connectivity index (χ2v) is 6.35. The van der Waals surface area contributed by atoms with Crippen LogP contribution in [0, 0.1) is 5.82 Å². The molecule has 0 bridgehead atoms. The third-order valence-electron chi connectivity index (χ3n) is 4.63. The maximum absolute atomic E-state index is 13.2. The topological polar surface area (TPSA) is 53.2 Å². The number of ketones is 1. The summed E-state index contributed by atoms with van der Waals surface area (Å²) in [6.07, 6.45) is 3.10. The number of likely N-dealkylation sites (N-methyl/N-ethyl adjacent to an activating group) is 1. The third kappa shape index (κ3) is 3.38. The van der Waals surface area contributed by atoms with Crippen molar-refractivity contribution in [2.24, 2.45) is 0 Å². The predicted molar refractivity (Wildman–Crippen MR) is 99.4 cm³/mol. The fraction of sp³-hybridized carbons (Fsp3) is 0.238. The molecule has 5 heteroatoms. The summed E-state index contributed by atoms with van der Waals surface area (Å²) in [5.74, 6) is -1.45. The second-order valence-electron chi connectivity index (χ2n) is 6.35. The van der Waals surface area contributed by atoms with E-state index in [2.05, 4.69) is 4.98 Å². The maximum atomic E-state index is 13.2. The summed E-state index contributed by atoms with van der Waals surface area (Å²) in [6, 6.07) is 13.2. The van der Waals surface area contributed by atoms with Gasteiger partial charge in [-0.05, 0) is 30.2 Å². The average Bonchev–Trinajstić information content (AvgIpc) is 3.09. The molecule has 1 heterocycles. The van der Waals surface area contributed by atoms with Gasteiger partial charge in [0.05, 0.1) is 11.6 Å². The van der Waals surface area contributed by atoms with Crippen LogP contribution >= 0.6 is 0 Å². The molecule has 1 aromatic heterocycles. The molecule has 26 heavy (non-hydrogen) atoms. The molecule has 0 saturated carbocycles. The molecule has 134 valence electrons. The number of aromatic amines is 1. The summed E-state index contributed by atoms with van der Waals surface area (Å²) in [5, 5.41) is 0.730. The van der Waals surface area contributed by atoms with Crippen molar-refractivity contribution >= 4 is 22.6 Å². The number of fused-ring (bicyclic) bond motifs is 1. The summed E-state index contributed by atoms with van der Waals surface area (Å²) in [6.45, 7) is 2.01. The Kier molecular flexibility index (Phi) is 5.16. The van der Waals surface area contributed by atoms with Crippen molar-refractivity contribution < 1.29 is 14.0 Å². The largest absolute Gasteiger partial charge is 0.360 e. The van der Waals surface area contributed by atoms with Gasteiger partial charge < -0.3 is 9.88 Å².